The van der Waals surface area contributed by atoms with Gasteiger partial charge in [-0.05, 0) is 6.42 Å². The first-order valence-corrected chi connectivity index (χ1v) is 4.43. The van der Waals surface area contributed by atoms with Crippen LogP contribution in [0.15, 0.2) is 16.9 Å². The van der Waals surface area contributed by atoms with Crippen LogP contribution in [0.25, 0.3) is 0 Å². The number of nitrogens with zero attached hydrogens (tertiary/aromatic N) is 1. The molecule has 10 heavy (non-hydrogen) atoms. The van der Waals surface area contributed by atoms with Crippen molar-refractivity contribution < 1.29 is 4.52 Å². The van der Waals surface area contributed by atoms with Crippen molar-refractivity contribution in [3.63, 3.8) is 0 Å². The van der Waals surface area contributed by atoms with Crippen LogP contribution in [-0.4, -0.2) is 10.5 Å². The summed E-state index contributed by atoms with van der Waals surface area (Å²) in [6.45, 7) is 2.14. The van der Waals surface area contributed by atoms with E-state index >= 15 is 0 Å². The Morgan fingerprint density at radius 3 is 3.10 bits per heavy atom. The maximum atomic E-state index is 4.72. The lowest BCUT2D eigenvalue weighted by molar-refractivity contribution is 0.406. The van der Waals surface area contributed by atoms with E-state index in [9.17, 15) is 0 Å². The minimum absolute atomic E-state index is 0.498. The molecule has 1 aromatic rings. The minimum Gasteiger partial charge on any atom is -0.365 e. The number of hydrogen-bond donors (Lipinski definition) is 0. The zero-order valence-corrected chi connectivity index (χ0v) is 7.47. The molecule has 1 heterocycles. The van der Waals surface area contributed by atoms with Crippen molar-refractivity contribution in [3.8, 4) is 0 Å². The standard InChI is InChI=1S/C7H10BrNO/c1-6(2-4-8)7-3-5-10-9-7/h3,5-6H,2,4H2,1H3. The van der Waals surface area contributed by atoms with Crippen molar-refractivity contribution in [2.45, 2.75) is 19.3 Å². The van der Waals surface area contributed by atoms with Crippen LogP contribution >= 0.6 is 15.9 Å². The summed E-state index contributed by atoms with van der Waals surface area (Å²) in [4.78, 5) is 0. The van der Waals surface area contributed by atoms with Gasteiger partial charge in [0.2, 0.25) is 0 Å². The molecule has 0 radical (unpaired) electrons. The highest BCUT2D eigenvalue weighted by Gasteiger charge is 2.06. The second-order valence-corrected chi connectivity index (χ2v) is 3.10. The Hall–Kier alpha value is -0.310. The average Bonchev–Trinajstić information content (AvgIpc) is 2.38. The molecule has 0 N–H and O–H groups in total. The first kappa shape index (κ1) is 7.79. The van der Waals surface area contributed by atoms with E-state index in [1.54, 1.807) is 6.26 Å². The van der Waals surface area contributed by atoms with Crippen LogP contribution in [0.1, 0.15) is 25.0 Å². The molecule has 1 atom stereocenters. The lowest BCUT2D eigenvalue weighted by Gasteiger charge is -2.02. The Morgan fingerprint density at radius 1 is 1.80 bits per heavy atom. The SMILES string of the molecule is CC(CCBr)c1ccon1. The van der Waals surface area contributed by atoms with E-state index in [-0.39, 0.29) is 0 Å². The summed E-state index contributed by atoms with van der Waals surface area (Å²) in [5, 5.41) is 4.85. The van der Waals surface area contributed by atoms with Crippen molar-refractivity contribution in [2.24, 2.45) is 0 Å². The molecule has 0 bridgehead atoms. The van der Waals surface area contributed by atoms with E-state index in [1.807, 2.05) is 6.07 Å². The molecule has 0 aliphatic heterocycles. The van der Waals surface area contributed by atoms with Crippen LogP contribution < -0.4 is 0 Å². The first-order chi connectivity index (χ1) is 4.84. The summed E-state index contributed by atoms with van der Waals surface area (Å²) in [6, 6.07) is 1.91. The van der Waals surface area contributed by atoms with Crippen LogP contribution in [0, 0.1) is 0 Å². The van der Waals surface area contributed by atoms with Gasteiger partial charge in [0.05, 0.1) is 5.69 Å². The van der Waals surface area contributed by atoms with Crippen LogP contribution in [0.4, 0.5) is 0 Å². The molecule has 1 rings (SSSR count). The molecule has 0 aliphatic carbocycles. The number of aromatic nitrogens is 1. The Kier molecular flexibility index (Phi) is 2.93. The van der Waals surface area contributed by atoms with Gasteiger partial charge >= 0.3 is 0 Å². The van der Waals surface area contributed by atoms with Gasteiger partial charge in [0.15, 0.2) is 0 Å². The third-order valence-electron chi connectivity index (χ3n) is 1.50. The predicted molar refractivity (Wildman–Crippen MR) is 43.3 cm³/mol. The van der Waals surface area contributed by atoms with Crippen molar-refractivity contribution in [2.75, 3.05) is 5.33 Å². The van der Waals surface area contributed by atoms with E-state index in [0.29, 0.717) is 5.92 Å². The molecule has 1 aromatic heterocycles. The number of alkyl halides is 1. The van der Waals surface area contributed by atoms with Gasteiger partial charge in [0, 0.05) is 17.3 Å². The van der Waals surface area contributed by atoms with Gasteiger partial charge in [0.1, 0.15) is 6.26 Å². The zero-order valence-electron chi connectivity index (χ0n) is 5.88. The van der Waals surface area contributed by atoms with Gasteiger partial charge in [0.25, 0.3) is 0 Å². The molecule has 0 aliphatic rings. The third-order valence-corrected chi connectivity index (χ3v) is 1.96. The van der Waals surface area contributed by atoms with Gasteiger partial charge in [-0.3, -0.25) is 0 Å². The zero-order chi connectivity index (χ0) is 7.40. The fourth-order valence-electron chi connectivity index (χ4n) is 0.788. The first-order valence-electron chi connectivity index (χ1n) is 3.31. The van der Waals surface area contributed by atoms with Gasteiger partial charge in [-0.2, -0.15) is 0 Å². The highest BCUT2D eigenvalue weighted by Crippen LogP contribution is 2.16. The highest BCUT2D eigenvalue weighted by molar-refractivity contribution is 9.09. The third kappa shape index (κ3) is 1.84. The molecule has 1 unspecified atom stereocenters. The molecular formula is C7H10BrNO. The van der Waals surface area contributed by atoms with E-state index in [1.165, 1.54) is 0 Å². The average molecular weight is 204 g/mol. The Labute approximate surface area is 68.7 Å². The van der Waals surface area contributed by atoms with Crippen LogP contribution in [0.5, 0.6) is 0 Å². The van der Waals surface area contributed by atoms with E-state index in [4.69, 9.17) is 4.52 Å². The predicted octanol–water partition coefficient (Wildman–Crippen LogP) is 2.56. The fraction of sp³-hybridized carbons (Fsp3) is 0.571. The summed E-state index contributed by atoms with van der Waals surface area (Å²) >= 11 is 3.38. The largest absolute Gasteiger partial charge is 0.365 e. The van der Waals surface area contributed by atoms with Crippen LogP contribution in [-0.2, 0) is 0 Å². The van der Waals surface area contributed by atoms with E-state index < -0.39 is 0 Å². The quantitative estimate of drug-likeness (QED) is 0.707. The molecule has 3 heteroatoms. The summed E-state index contributed by atoms with van der Waals surface area (Å²) in [5.74, 6) is 0.498. The number of halogens is 1. The smallest absolute Gasteiger partial charge is 0.124 e. The summed E-state index contributed by atoms with van der Waals surface area (Å²) < 4.78 is 4.72. The maximum Gasteiger partial charge on any atom is 0.124 e. The van der Waals surface area contributed by atoms with Crippen LogP contribution in [0.2, 0.25) is 0 Å². The molecule has 0 fully saturated rings. The van der Waals surface area contributed by atoms with Crippen molar-refractivity contribution >= 4 is 15.9 Å². The Balaban J connectivity index is 2.50. The van der Waals surface area contributed by atoms with Crippen LogP contribution in [0.3, 0.4) is 0 Å². The fourth-order valence-corrected chi connectivity index (χ4v) is 1.47. The molecule has 0 saturated heterocycles. The monoisotopic (exact) mass is 203 g/mol. The number of hydrogen-bond acceptors (Lipinski definition) is 2. The molecular weight excluding hydrogens is 194 g/mol. The van der Waals surface area contributed by atoms with Crippen molar-refractivity contribution in [1.82, 2.24) is 5.16 Å². The summed E-state index contributed by atoms with van der Waals surface area (Å²) in [7, 11) is 0. The second kappa shape index (κ2) is 3.76. The lowest BCUT2D eigenvalue weighted by atomic mass is 10.1. The molecule has 0 aromatic carbocycles. The van der Waals surface area contributed by atoms with Gasteiger partial charge in [-0.1, -0.05) is 28.0 Å². The van der Waals surface area contributed by atoms with Crippen molar-refractivity contribution in [3.05, 3.63) is 18.0 Å². The normalized spacial score (nSPS) is 13.4. The second-order valence-electron chi connectivity index (χ2n) is 2.30. The number of rotatable bonds is 3. The molecule has 2 nitrogen and oxygen atoms in total. The highest BCUT2D eigenvalue weighted by atomic mass is 79.9. The molecule has 0 spiro atoms. The van der Waals surface area contributed by atoms with E-state index in [0.717, 1.165) is 17.4 Å². The topological polar surface area (TPSA) is 26.0 Å². The molecule has 56 valence electrons. The summed E-state index contributed by atoms with van der Waals surface area (Å²) in [6.07, 6.45) is 2.71. The van der Waals surface area contributed by atoms with Gasteiger partial charge in [-0.25, -0.2) is 0 Å². The van der Waals surface area contributed by atoms with Gasteiger partial charge in [-0.15, -0.1) is 0 Å². The Bertz CT molecular complexity index is 174. The minimum atomic E-state index is 0.498. The Morgan fingerprint density at radius 2 is 2.60 bits per heavy atom. The van der Waals surface area contributed by atoms with Gasteiger partial charge < -0.3 is 4.52 Å². The van der Waals surface area contributed by atoms with Crippen molar-refractivity contribution in [1.29, 1.82) is 0 Å². The maximum absolute atomic E-state index is 4.72. The lowest BCUT2D eigenvalue weighted by Crippen LogP contribution is -1.93. The molecule has 0 saturated carbocycles. The van der Waals surface area contributed by atoms with E-state index in [2.05, 4.69) is 28.0 Å². The summed E-state index contributed by atoms with van der Waals surface area (Å²) in [5.41, 5.74) is 1.04. The molecule has 0 amide bonds.